The minimum atomic E-state index is 0.195. The number of hydrogen-bond donors (Lipinski definition) is 1. The summed E-state index contributed by atoms with van der Waals surface area (Å²) in [4.78, 5) is 0. The highest BCUT2D eigenvalue weighted by Gasteiger charge is 2.21. The van der Waals surface area contributed by atoms with Crippen LogP contribution in [0, 0.1) is 0 Å². The van der Waals surface area contributed by atoms with Gasteiger partial charge in [-0.25, -0.2) is 0 Å². The second-order valence-electron chi connectivity index (χ2n) is 3.95. The van der Waals surface area contributed by atoms with Gasteiger partial charge in [-0.15, -0.1) is 0 Å². The molecule has 1 saturated carbocycles. The van der Waals surface area contributed by atoms with E-state index < -0.39 is 0 Å². The first-order valence-electron chi connectivity index (χ1n) is 5.12. The fourth-order valence-corrected chi connectivity index (χ4v) is 1.91. The van der Waals surface area contributed by atoms with E-state index in [0.717, 1.165) is 19.3 Å². The summed E-state index contributed by atoms with van der Waals surface area (Å²) in [6.07, 6.45) is 5.06. The van der Waals surface area contributed by atoms with Crippen molar-refractivity contribution in [1.82, 2.24) is 0 Å². The fourth-order valence-electron chi connectivity index (χ4n) is 1.91. The quantitative estimate of drug-likeness (QED) is 0.721. The maximum absolute atomic E-state index is 5.86. The molecule has 3 atom stereocenters. The van der Waals surface area contributed by atoms with Crippen molar-refractivity contribution >= 4 is 0 Å². The Kier molecular flexibility index (Phi) is 4.70. The van der Waals surface area contributed by atoms with E-state index in [0.29, 0.717) is 18.8 Å². The second-order valence-corrected chi connectivity index (χ2v) is 3.95. The van der Waals surface area contributed by atoms with E-state index in [1.54, 1.807) is 7.11 Å². The molecule has 0 radical (unpaired) electrons. The van der Waals surface area contributed by atoms with Gasteiger partial charge in [0.05, 0.1) is 18.8 Å². The Hall–Kier alpha value is -0.120. The van der Waals surface area contributed by atoms with E-state index in [4.69, 9.17) is 15.2 Å². The zero-order chi connectivity index (χ0) is 9.68. The predicted molar refractivity (Wildman–Crippen MR) is 52.7 cm³/mol. The van der Waals surface area contributed by atoms with Gasteiger partial charge in [0.25, 0.3) is 0 Å². The standard InChI is InChI=1S/C10H21NO2/c1-8(7-12-2)13-10-5-3-4-9(11)6-10/h8-10H,3-7,11H2,1-2H3. The molecule has 3 nitrogen and oxygen atoms in total. The Morgan fingerprint density at radius 1 is 1.46 bits per heavy atom. The summed E-state index contributed by atoms with van der Waals surface area (Å²) in [7, 11) is 1.70. The zero-order valence-electron chi connectivity index (χ0n) is 8.66. The molecule has 3 unspecified atom stereocenters. The smallest absolute Gasteiger partial charge is 0.0784 e. The van der Waals surface area contributed by atoms with Gasteiger partial charge >= 0.3 is 0 Å². The van der Waals surface area contributed by atoms with Crippen LogP contribution in [0.3, 0.4) is 0 Å². The highest BCUT2D eigenvalue weighted by Crippen LogP contribution is 2.20. The van der Waals surface area contributed by atoms with Crippen LogP contribution in [0.4, 0.5) is 0 Å². The number of ether oxygens (including phenoxy) is 2. The van der Waals surface area contributed by atoms with Gasteiger partial charge in [0.15, 0.2) is 0 Å². The summed E-state index contributed by atoms with van der Waals surface area (Å²) >= 11 is 0. The van der Waals surface area contributed by atoms with Gasteiger partial charge in [-0.2, -0.15) is 0 Å². The summed E-state index contributed by atoms with van der Waals surface area (Å²) in [5.41, 5.74) is 5.86. The van der Waals surface area contributed by atoms with Gasteiger partial charge in [0.2, 0.25) is 0 Å². The number of nitrogens with two attached hydrogens (primary N) is 1. The monoisotopic (exact) mass is 187 g/mol. The number of rotatable bonds is 4. The van der Waals surface area contributed by atoms with E-state index >= 15 is 0 Å². The molecule has 1 aliphatic rings. The molecular formula is C10H21NO2. The highest BCUT2D eigenvalue weighted by molar-refractivity contribution is 4.76. The van der Waals surface area contributed by atoms with Crippen molar-refractivity contribution in [2.75, 3.05) is 13.7 Å². The van der Waals surface area contributed by atoms with Crippen LogP contribution < -0.4 is 5.73 Å². The largest absolute Gasteiger partial charge is 0.382 e. The molecule has 3 heteroatoms. The van der Waals surface area contributed by atoms with Crippen LogP contribution >= 0.6 is 0 Å². The molecule has 0 aromatic rings. The molecule has 0 spiro atoms. The molecule has 0 aromatic heterocycles. The predicted octanol–water partition coefficient (Wildman–Crippen LogP) is 1.31. The van der Waals surface area contributed by atoms with E-state index in [-0.39, 0.29) is 6.10 Å². The van der Waals surface area contributed by atoms with Crippen molar-refractivity contribution in [3.8, 4) is 0 Å². The molecule has 1 fully saturated rings. The van der Waals surface area contributed by atoms with Crippen LogP contribution in [0.5, 0.6) is 0 Å². The molecular weight excluding hydrogens is 166 g/mol. The van der Waals surface area contributed by atoms with Crippen LogP contribution in [-0.4, -0.2) is 32.0 Å². The lowest BCUT2D eigenvalue weighted by Crippen LogP contribution is -2.34. The summed E-state index contributed by atoms with van der Waals surface area (Å²) in [6.45, 7) is 2.72. The van der Waals surface area contributed by atoms with Crippen LogP contribution in [0.25, 0.3) is 0 Å². The SMILES string of the molecule is COCC(C)OC1CCCC(N)C1. The van der Waals surface area contributed by atoms with Crippen molar-refractivity contribution in [1.29, 1.82) is 0 Å². The first-order chi connectivity index (χ1) is 6.22. The van der Waals surface area contributed by atoms with E-state index in [9.17, 15) is 0 Å². The zero-order valence-corrected chi connectivity index (χ0v) is 8.66. The van der Waals surface area contributed by atoms with Crippen LogP contribution in [0.1, 0.15) is 32.6 Å². The molecule has 0 heterocycles. The average molecular weight is 187 g/mol. The van der Waals surface area contributed by atoms with Crippen LogP contribution in [0.15, 0.2) is 0 Å². The van der Waals surface area contributed by atoms with Gasteiger partial charge in [0, 0.05) is 13.2 Å². The first kappa shape index (κ1) is 11.0. The van der Waals surface area contributed by atoms with Gasteiger partial charge in [-0.3, -0.25) is 0 Å². The molecule has 13 heavy (non-hydrogen) atoms. The van der Waals surface area contributed by atoms with Crippen molar-refractivity contribution in [2.45, 2.75) is 50.9 Å². The van der Waals surface area contributed by atoms with Crippen LogP contribution in [0.2, 0.25) is 0 Å². The lowest BCUT2D eigenvalue weighted by Gasteiger charge is -2.29. The van der Waals surface area contributed by atoms with E-state index in [1.807, 2.05) is 6.92 Å². The van der Waals surface area contributed by atoms with Crippen molar-refractivity contribution in [3.63, 3.8) is 0 Å². The lowest BCUT2D eigenvalue weighted by atomic mass is 9.93. The summed E-state index contributed by atoms with van der Waals surface area (Å²) < 4.78 is 10.8. The second kappa shape index (κ2) is 5.58. The first-order valence-corrected chi connectivity index (χ1v) is 5.12. The topological polar surface area (TPSA) is 44.5 Å². The van der Waals surface area contributed by atoms with Gasteiger partial charge < -0.3 is 15.2 Å². The molecule has 0 aromatic carbocycles. The Labute approximate surface area is 80.6 Å². The summed E-state index contributed by atoms with van der Waals surface area (Å²) in [6, 6.07) is 0.341. The highest BCUT2D eigenvalue weighted by atomic mass is 16.5. The van der Waals surface area contributed by atoms with Gasteiger partial charge in [-0.1, -0.05) is 0 Å². The third-order valence-electron chi connectivity index (χ3n) is 2.49. The molecule has 0 amide bonds. The van der Waals surface area contributed by atoms with Gasteiger partial charge in [0.1, 0.15) is 0 Å². The Morgan fingerprint density at radius 3 is 2.85 bits per heavy atom. The van der Waals surface area contributed by atoms with Crippen LogP contribution in [-0.2, 0) is 9.47 Å². The van der Waals surface area contributed by atoms with E-state index in [2.05, 4.69) is 0 Å². The average Bonchev–Trinajstić information content (AvgIpc) is 2.04. The number of methoxy groups -OCH3 is 1. The van der Waals surface area contributed by atoms with Gasteiger partial charge in [-0.05, 0) is 32.6 Å². The molecule has 0 aliphatic heterocycles. The third-order valence-corrected chi connectivity index (χ3v) is 2.49. The van der Waals surface area contributed by atoms with Crippen molar-refractivity contribution in [2.24, 2.45) is 5.73 Å². The molecule has 2 N–H and O–H groups in total. The molecule has 0 saturated heterocycles. The summed E-state index contributed by atoms with van der Waals surface area (Å²) in [5.74, 6) is 0. The lowest BCUT2D eigenvalue weighted by molar-refractivity contribution is -0.0541. The van der Waals surface area contributed by atoms with Crippen molar-refractivity contribution in [3.05, 3.63) is 0 Å². The molecule has 0 bridgehead atoms. The Bertz CT molecular complexity index is 141. The molecule has 1 rings (SSSR count). The maximum Gasteiger partial charge on any atom is 0.0784 e. The Morgan fingerprint density at radius 2 is 2.23 bits per heavy atom. The normalized spacial score (nSPS) is 31.6. The minimum Gasteiger partial charge on any atom is -0.382 e. The maximum atomic E-state index is 5.86. The minimum absolute atomic E-state index is 0.195. The van der Waals surface area contributed by atoms with E-state index in [1.165, 1.54) is 6.42 Å². The Balaban J connectivity index is 2.19. The third kappa shape index (κ3) is 4.07. The van der Waals surface area contributed by atoms with Crippen molar-refractivity contribution < 1.29 is 9.47 Å². The fraction of sp³-hybridized carbons (Fsp3) is 1.00. The molecule has 1 aliphatic carbocycles. The molecule has 78 valence electrons. The summed E-state index contributed by atoms with van der Waals surface area (Å²) in [5, 5.41) is 0. The number of hydrogen-bond acceptors (Lipinski definition) is 3.